The minimum absolute atomic E-state index is 0.348. The van der Waals surface area contributed by atoms with Crippen LogP contribution in [-0.4, -0.2) is 15.0 Å². The molecular formula is C20H29NO2S. The number of fused-ring (bicyclic) bond motifs is 1. The number of rotatable bonds is 11. The first-order chi connectivity index (χ1) is 11.6. The summed E-state index contributed by atoms with van der Waals surface area (Å²) in [5, 5.41) is 2.01. The highest BCUT2D eigenvalue weighted by Gasteiger charge is 2.13. The van der Waals surface area contributed by atoms with Gasteiger partial charge in [0.15, 0.2) is 0 Å². The first-order valence-corrected chi connectivity index (χ1v) is 10.6. The maximum atomic E-state index is 12.4. The predicted octanol–water partition coefficient (Wildman–Crippen LogP) is 5.26. The van der Waals surface area contributed by atoms with E-state index < -0.39 is 10.0 Å². The van der Waals surface area contributed by atoms with Crippen LogP contribution in [0.3, 0.4) is 0 Å². The van der Waals surface area contributed by atoms with E-state index in [1.807, 2.05) is 30.3 Å². The highest BCUT2D eigenvalue weighted by atomic mass is 32.2. The van der Waals surface area contributed by atoms with Crippen molar-refractivity contribution in [3.05, 3.63) is 42.5 Å². The van der Waals surface area contributed by atoms with Crippen molar-refractivity contribution in [2.75, 3.05) is 6.54 Å². The number of unbranched alkanes of at least 4 members (excludes halogenated alkanes) is 7. The Balaban J connectivity index is 1.74. The fourth-order valence-corrected chi connectivity index (χ4v) is 3.99. The summed E-state index contributed by atoms with van der Waals surface area (Å²) in [6.45, 7) is 2.74. The summed E-state index contributed by atoms with van der Waals surface area (Å²) in [5.74, 6) is 0. The molecule has 0 bridgehead atoms. The number of nitrogens with one attached hydrogen (secondary N) is 1. The Hall–Kier alpha value is -1.39. The smallest absolute Gasteiger partial charge is 0.211 e. The Morgan fingerprint density at radius 3 is 2.12 bits per heavy atom. The number of hydrogen-bond donors (Lipinski definition) is 1. The van der Waals surface area contributed by atoms with Crippen molar-refractivity contribution in [2.45, 2.75) is 63.2 Å². The molecular weight excluding hydrogens is 318 g/mol. The average Bonchev–Trinajstić information content (AvgIpc) is 2.60. The fraction of sp³-hybridized carbons (Fsp3) is 0.500. The quantitative estimate of drug-likeness (QED) is 0.564. The molecule has 4 heteroatoms. The first-order valence-electron chi connectivity index (χ1n) is 9.12. The van der Waals surface area contributed by atoms with Gasteiger partial charge in [-0.3, -0.25) is 0 Å². The van der Waals surface area contributed by atoms with E-state index >= 15 is 0 Å². The molecule has 0 amide bonds. The lowest BCUT2D eigenvalue weighted by Crippen LogP contribution is -2.24. The van der Waals surface area contributed by atoms with Gasteiger partial charge < -0.3 is 0 Å². The molecule has 0 saturated carbocycles. The lowest BCUT2D eigenvalue weighted by Gasteiger charge is -2.08. The molecule has 0 saturated heterocycles. The van der Waals surface area contributed by atoms with Crippen LogP contribution in [0.25, 0.3) is 10.8 Å². The van der Waals surface area contributed by atoms with Gasteiger partial charge in [-0.1, -0.05) is 82.2 Å². The molecule has 0 spiro atoms. The molecule has 0 atom stereocenters. The van der Waals surface area contributed by atoms with Crippen LogP contribution in [0.5, 0.6) is 0 Å². The Labute approximate surface area is 146 Å². The Morgan fingerprint density at radius 1 is 0.792 bits per heavy atom. The topological polar surface area (TPSA) is 46.2 Å². The van der Waals surface area contributed by atoms with Crippen molar-refractivity contribution < 1.29 is 8.42 Å². The van der Waals surface area contributed by atoms with Crippen LogP contribution in [0.1, 0.15) is 58.3 Å². The van der Waals surface area contributed by atoms with Crippen LogP contribution in [-0.2, 0) is 10.0 Å². The number of benzene rings is 2. The zero-order valence-electron chi connectivity index (χ0n) is 14.6. The van der Waals surface area contributed by atoms with Gasteiger partial charge in [0, 0.05) is 6.54 Å². The Bertz CT molecular complexity index is 725. The summed E-state index contributed by atoms with van der Waals surface area (Å²) in [7, 11) is -3.41. The molecule has 1 N–H and O–H groups in total. The summed E-state index contributed by atoms with van der Waals surface area (Å²) < 4.78 is 27.5. The van der Waals surface area contributed by atoms with E-state index in [4.69, 9.17) is 0 Å². The molecule has 0 aliphatic heterocycles. The van der Waals surface area contributed by atoms with Crippen LogP contribution in [0.2, 0.25) is 0 Å². The molecule has 0 unspecified atom stereocenters. The SMILES string of the molecule is CCCCCCCCCCNS(=O)(=O)c1ccc2ccccc2c1. The zero-order chi connectivity index (χ0) is 17.3. The molecule has 0 radical (unpaired) electrons. The lowest BCUT2D eigenvalue weighted by atomic mass is 10.1. The van der Waals surface area contributed by atoms with Gasteiger partial charge in [0.1, 0.15) is 0 Å². The van der Waals surface area contributed by atoms with Crippen molar-refractivity contribution >= 4 is 20.8 Å². The fourth-order valence-electron chi connectivity index (χ4n) is 2.88. The van der Waals surface area contributed by atoms with E-state index in [2.05, 4.69) is 11.6 Å². The Morgan fingerprint density at radius 2 is 1.42 bits per heavy atom. The summed E-state index contributed by atoms with van der Waals surface area (Å²) in [4.78, 5) is 0.348. The molecule has 0 aromatic heterocycles. The maximum absolute atomic E-state index is 12.4. The van der Waals surface area contributed by atoms with E-state index in [1.54, 1.807) is 12.1 Å². The van der Waals surface area contributed by atoms with Gasteiger partial charge in [-0.2, -0.15) is 0 Å². The molecule has 3 nitrogen and oxygen atoms in total. The monoisotopic (exact) mass is 347 g/mol. The lowest BCUT2D eigenvalue weighted by molar-refractivity contribution is 0.559. The molecule has 2 aromatic carbocycles. The minimum atomic E-state index is -3.41. The molecule has 0 aliphatic carbocycles. The third-order valence-corrected chi connectivity index (χ3v) is 5.81. The summed E-state index contributed by atoms with van der Waals surface area (Å²) >= 11 is 0. The third kappa shape index (κ3) is 5.91. The van der Waals surface area contributed by atoms with E-state index in [9.17, 15) is 8.42 Å². The Kier molecular flexibility index (Phi) is 7.73. The van der Waals surface area contributed by atoms with Crippen LogP contribution in [0.4, 0.5) is 0 Å². The second-order valence-corrected chi connectivity index (χ2v) is 8.15. The molecule has 132 valence electrons. The van der Waals surface area contributed by atoms with Gasteiger partial charge in [-0.25, -0.2) is 13.1 Å². The highest BCUT2D eigenvalue weighted by molar-refractivity contribution is 7.89. The molecule has 0 fully saturated rings. The summed E-state index contributed by atoms with van der Waals surface area (Å²) in [6.07, 6.45) is 9.68. The van der Waals surface area contributed by atoms with E-state index in [0.717, 1.165) is 23.6 Å². The van der Waals surface area contributed by atoms with Gasteiger partial charge in [0.2, 0.25) is 10.0 Å². The predicted molar refractivity (Wildman–Crippen MR) is 102 cm³/mol. The average molecular weight is 348 g/mol. The van der Waals surface area contributed by atoms with Crippen molar-refractivity contribution in [1.29, 1.82) is 0 Å². The molecule has 2 aromatic rings. The maximum Gasteiger partial charge on any atom is 0.240 e. The third-order valence-electron chi connectivity index (χ3n) is 4.35. The van der Waals surface area contributed by atoms with Gasteiger partial charge in [-0.15, -0.1) is 0 Å². The van der Waals surface area contributed by atoms with Crippen molar-refractivity contribution in [3.63, 3.8) is 0 Å². The van der Waals surface area contributed by atoms with Crippen LogP contribution < -0.4 is 4.72 Å². The van der Waals surface area contributed by atoms with E-state index in [0.29, 0.717) is 11.4 Å². The van der Waals surface area contributed by atoms with Crippen LogP contribution >= 0.6 is 0 Å². The van der Waals surface area contributed by atoms with Crippen molar-refractivity contribution in [3.8, 4) is 0 Å². The van der Waals surface area contributed by atoms with Crippen LogP contribution in [0, 0.1) is 0 Å². The van der Waals surface area contributed by atoms with E-state index in [-0.39, 0.29) is 0 Å². The van der Waals surface area contributed by atoms with Gasteiger partial charge in [0.05, 0.1) is 4.90 Å². The van der Waals surface area contributed by atoms with Gasteiger partial charge >= 0.3 is 0 Å². The molecule has 24 heavy (non-hydrogen) atoms. The van der Waals surface area contributed by atoms with Crippen molar-refractivity contribution in [2.24, 2.45) is 0 Å². The van der Waals surface area contributed by atoms with Gasteiger partial charge in [0.25, 0.3) is 0 Å². The minimum Gasteiger partial charge on any atom is -0.211 e. The second-order valence-electron chi connectivity index (χ2n) is 6.38. The molecule has 0 heterocycles. The first kappa shape index (κ1) is 18.9. The summed E-state index contributed by atoms with van der Waals surface area (Å²) in [5.41, 5.74) is 0. The molecule has 2 rings (SSSR count). The van der Waals surface area contributed by atoms with Crippen LogP contribution in [0.15, 0.2) is 47.4 Å². The zero-order valence-corrected chi connectivity index (χ0v) is 15.4. The largest absolute Gasteiger partial charge is 0.240 e. The standard InChI is InChI=1S/C20H29NO2S/c1-2-3-4-5-6-7-8-11-16-21-24(22,23)20-15-14-18-12-9-10-13-19(18)17-20/h9-10,12-15,17,21H,2-8,11,16H2,1H3. The van der Waals surface area contributed by atoms with Gasteiger partial charge in [-0.05, 0) is 29.3 Å². The highest BCUT2D eigenvalue weighted by Crippen LogP contribution is 2.18. The second kappa shape index (κ2) is 9.80. The van der Waals surface area contributed by atoms with Crippen molar-refractivity contribution in [1.82, 2.24) is 4.72 Å². The summed E-state index contributed by atoms with van der Waals surface area (Å²) in [6, 6.07) is 13.1. The normalized spacial score (nSPS) is 11.9. The number of hydrogen-bond acceptors (Lipinski definition) is 2. The molecule has 0 aliphatic rings. The number of sulfonamides is 1. The van der Waals surface area contributed by atoms with E-state index in [1.165, 1.54) is 38.5 Å².